The average molecular weight is 301 g/mol. The first kappa shape index (κ1) is 16.3. The van der Waals surface area contributed by atoms with E-state index in [1.54, 1.807) is 6.07 Å². The lowest BCUT2D eigenvalue weighted by atomic mass is 9.98. The number of alkyl halides is 3. The average Bonchev–Trinajstić information content (AvgIpc) is 2.47. The molecule has 5 heteroatoms. The van der Waals surface area contributed by atoms with Crippen molar-refractivity contribution in [1.82, 2.24) is 5.32 Å². The molecule has 1 aromatic rings. The maximum Gasteiger partial charge on any atom is 0.416 e. The minimum absolute atomic E-state index is 0.370. The van der Waals surface area contributed by atoms with Gasteiger partial charge < -0.3 is 10.1 Å². The predicted molar refractivity (Wildman–Crippen MR) is 76.0 cm³/mol. The van der Waals surface area contributed by atoms with Crippen molar-refractivity contribution in [2.75, 3.05) is 13.2 Å². The fraction of sp³-hybridized carbons (Fsp3) is 0.625. The summed E-state index contributed by atoms with van der Waals surface area (Å²) in [5, 5.41) is 3.13. The first-order valence-corrected chi connectivity index (χ1v) is 7.54. The second kappa shape index (κ2) is 7.80. The zero-order valence-electron chi connectivity index (χ0n) is 12.1. The standard InChI is InChI=1S/C16H22F3NO/c17-16(18,19)14-6-4-5-13(11-14)12-20-9-10-21-15-7-2-1-3-8-15/h4-6,11,15,20H,1-3,7-10,12H2. The summed E-state index contributed by atoms with van der Waals surface area (Å²) in [5.74, 6) is 0. The van der Waals surface area contributed by atoms with Crippen LogP contribution in [0.1, 0.15) is 43.2 Å². The zero-order valence-corrected chi connectivity index (χ0v) is 12.1. The van der Waals surface area contributed by atoms with Gasteiger partial charge in [-0.1, -0.05) is 37.5 Å². The third-order valence-electron chi connectivity index (χ3n) is 3.77. The van der Waals surface area contributed by atoms with Gasteiger partial charge in [0.25, 0.3) is 0 Å². The molecule has 1 aliphatic carbocycles. The van der Waals surface area contributed by atoms with Crippen LogP contribution in [0.4, 0.5) is 13.2 Å². The van der Waals surface area contributed by atoms with E-state index in [4.69, 9.17) is 4.74 Å². The highest BCUT2D eigenvalue weighted by molar-refractivity contribution is 5.25. The molecule has 1 fully saturated rings. The molecular weight excluding hydrogens is 279 g/mol. The summed E-state index contributed by atoms with van der Waals surface area (Å²) in [4.78, 5) is 0. The van der Waals surface area contributed by atoms with E-state index in [1.807, 2.05) is 0 Å². The van der Waals surface area contributed by atoms with Gasteiger partial charge in [0.05, 0.1) is 18.3 Å². The summed E-state index contributed by atoms with van der Waals surface area (Å²) in [6.45, 7) is 1.70. The van der Waals surface area contributed by atoms with Crippen LogP contribution in [0.2, 0.25) is 0 Å². The second-order valence-electron chi connectivity index (χ2n) is 5.51. The Labute approximate surface area is 123 Å². The minimum atomic E-state index is -4.28. The van der Waals surface area contributed by atoms with Crippen LogP contribution in [-0.2, 0) is 17.5 Å². The molecule has 1 N–H and O–H groups in total. The Morgan fingerprint density at radius 2 is 1.90 bits per heavy atom. The van der Waals surface area contributed by atoms with E-state index in [0.717, 1.165) is 18.9 Å². The van der Waals surface area contributed by atoms with Gasteiger partial charge in [-0.25, -0.2) is 0 Å². The number of benzene rings is 1. The van der Waals surface area contributed by atoms with Gasteiger partial charge in [-0.2, -0.15) is 13.2 Å². The largest absolute Gasteiger partial charge is 0.416 e. The highest BCUT2D eigenvalue weighted by Crippen LogP contribution is 2.29. The third kappa shape index (κ3) is 5.67. The van der Waals surface area contributed by atoms with Crippen molar-refractivity contribution in [3.63, 3.8) is 0 Å². The molecule has 21 heavy (non-hydrogen) atoms. The minimum Gasteiger partial charge on any atom is -0.377 e. The van der Waals surface area contributed by atoms with Crippen LogP contribution in [0, 0.1) is 0 Å². The third-order valence-corrected chi connectivity index (χ3v) is 3.77. The predicted octanol–water partition coefficient (Wildman–Crippen LogP) is 4.14. The molecule has 118 valence electrons. The van der Waals surface area contributed by atoms with E-state index >= 15 is 0 Å². The summed E-state index contributed by atoms with van der Waals surface area (Å²) in [6, 6.07) is 5.42. The topological polar surface area (TPSA) is 21.3 Å². The summed E-state index contributed by atoms with van der Waals surface area (Å²) in [6.07, 6.45) is 2.13. The highest BCUT2D eigenvalue weighted by atomic mass is 19.4. The molecule has 0 unspecified atom stereocenters. The van der Waals surface area contributed by atoms with E-state index in [1.165, 1.54) is 31.4 Å². The highest BCUT2D eigenvalue weighted by Gasteiger charge is 2.30. The molecule has 1 aromatic carbocycles. The normalized spacial score (nSPS) is 17.1. The fourth-order valence-electron chi connectivity index (χ4n) is 2.62. The molecule has 0 aliphatic heterocycles. The first-order chi connectivity index (χ1) is 10.1. The molecule has 1 saturated carbocycles. The number of ether oxygens (including phenoxy) is 1. The fourth-order valence-corrected chi connectivity index (χ4v) is 2.62. The van der Waals surface area contributed by atoms with Crippen LogP contribution in [0.25, 0.3) is 0 Å². The van der Waals surface area contributed by atoms with Crippen LogP contribution in [0.5, 0.6) is 0 Å². The van der Waals surface area contributed by atoms with Crippen molar-refractivity contribution >= 4 is 0 Å². The van der Waals surface area contributed by atoms with Crippen molar-refractivity contribution in [1.29, 1.82) is 0 Å². The van der Waals surface area contributed by atoms with Crippen molar-refractivity contribution in [3.8, 4) is 0 Å². The Morgan fingerprint density at radius 3 is 2.62 bits per heavy atom. The molecule has 0 heterocycles. The molecule has 0 spiro atoms. The van der Waals surface area contributed by atoms with E-state index in [0.29, 0.717) is 31.4 Å². The van der Waals surface area contributed by atoms with Crippen molar-refractivity contribution in [2.24, 2.45) is 0 Å². The van der Waals surface area contributed by atoms with Gasteiger partial charge in [0.2, 0.25) is 0 Å². The smallest absolute Gasteiger partial charge is 0.377 e. The SMILES string of the molecule is FC(F)(F)c1cccc(CNCCOC2CCCCC2)c1. The molecular formula is C16H22F3NO. The Hall–Kier alpha value is -1.07. The van der Waals surface area contributed by atoms with Gasteiger partial charge in [-0.05, 0) is 24.5 Å². The molecule has 0 amide bonds. The Bertz CT molecular complexity index is 428. The molecule has 0 bridgehead atoms. The Balaban J connectivity index is 1.66. The first-order valence-electron chi connectivity index (χ1n) is 7.54. The lowest BCUT2D eigenvalue weighted by Gasteiger charge is -2.22. The number of nitrogens with one attached hydrogen (secondary N) is 1. The summed E-state index contributed by atoms with van der Waals surface area (Å²) < 4.78 is 43.5. The van der Waals surface area contributed by atoms with Crippen molar-refractivity contribution in [2.45, 2.75) is 50.9 Å². The summed E-state index contributed by atoms with van der Waals surface area (Å²) >= 11 is 0. The molecule has 0 atom stereocenters. The monoisotopic (exact) mass is 301 g/mol. The van der Waals surface area contributed by atoms with Gasteiger partial charge in [-0.3, -0.25) is 0 Å². The number of halogens is 3. The lowest BCUT2D eigenvalue weighted by molar-refractivity contribution is -0.137. The molecule has 2 nitrogen and oxygen atoms in total. The molecule has 0 aromatic heterocycles. The maximum atomic E-state index is 12.6. The molecule has 1 aliphatic rings. The van der Waals surface area contributed by atoms with Crippen LogP contribution in [0.3, 0.4) is 0 Å². The van der Waals surface area contributed by atoms with Crippen LogP contribution in [-0.4, -0.2) is 19.3 Å². The van der Waals surface area contributed by atoms with Crippen LogP contribution < -0.4 is 5.32 Å². The van der Waals surface area contributed by atoms with Crippen LogP contribution in [0.15, 0.2) is 24.3 Å². The number of hydrogen-bond donors (Lipinski definition) is 1. The number of rotatable bonds is 6. The van der Waals surface area contributed by atoms with E-state index < -0.39 is 11.7 Å². The van der Waals surface area contributed by atoms with Gasteiger partial charge in [0, 0.05) is 13.1 Å². The molecule has 2 rings (SSSR count). The quantitative estimate of drug-likeness (QED) is 0.797. The van der Waals surface area contributed by atoms with Gasteiger partial charge >= 0.3 is 6.18 Å². The Morgan fingerprint density at radius 1 is 1.14 bits per heavy atom. The Kier molecular flexibility index (Phi) is 6.06. The molecule has 0 radical (unpaired) electrons. The second-order valence-corrected chi connectivity index (χ2v) is 5.51. The van der Waals surface area contributed by atoms with E-state index in [2.05, 4.69) is 5.32 Å². The lowest BCUT2D eigenvalue weighted by Crippen LogP contribution is -2.24. The van der Waals surface area contributed by atoms with Crippen molar-refractivity contribution in [3.05, 3.63) is 35.4 Å². The zero-order chi connectivity index (χ0) is 15.1. The van der Waals surface area contributed by atoms with E-state index in [-0.39, 0.29) is 0 Å². The van der Waals surface area contributed by atoms with Gasteiger partial charge in [-0.15, -0.1) is 0 Å². The van der Waals surface area contributed by atoms with E-state index in [9.17, 15) is 13.2 Å². The summed E-state index contributed by atoms with van der Waals surface area (Å²) in [5.41, 5.74) is 0.0442. The molecule has 0 saturated heterocycles. The van der Waals surface area contributed by atoms with Crippen LogP contribution >= 0.6 is 0 Å². The van der Waals surface area contributed by atoms with Crippen molar-refractivity contribution < 1.29 is 17.9 Å². The van der Waals surface area contributed by atoms with Gasteiger partial charge in [0.1, 0.15) is 0 Å². The van der Waals surface area contributed by atoms with Gasteiger partial charge in [0.15, 0.2) is 0 Å². The maximum absolute atomic E-state index is 12.6. The summed E-state index contributed by atoms with van der Waals surface area (Å²) in [7, 11) is 0. The number of hydrogen-bond acceptors (Lipinski definition) is 2.